The van der Waals surface area contributed by atoms with Gasteiger partial charge in [0.15, 0.2) is 0 Å². The number of carbonyl (C=O) groups is 1. The molecule has 2 aromatic carbocycles. The van der Waals surface area contributed by atoms with Crippen molar-refractivity contribution >= 4 is 45.2 Å². The molecule has 0 radical (unpaired) electrons. The normalized spacial score (nSPS) is 14.5. The molecule has 0 bridgehead atoms. The van der Waals surface area contributed by atoms with Gasteiger partial charge in [0.2, 0.25) is 0 Å². The number of imidazole rings is 1. The third kappa shape index (κ3) is 2.96. The number of rotatable bonds is 3. The summed E-state index contributed by atoms with van der Waals surface area (Å²) in [6.45, 7) is 2.51. The fraction of sp³-hybridized carbons (Fsp3) is 0.190. The van der Waals surface area contributed by atoms with Gasteiger partial charge in [-0.2, -0.15) is 0 Å². The molecule has 0 amide bonds. The summed E-state index contributed by atoms with van der Waals surface area (Å²) in [6.07, 6.45) is 3.10. The molecule has 9 heteroatoms. The maximum Gasteiger partial charge on any atom is 0.338 e. The van der Waals surface area contributed by atoms with E-state index in [2.05, 4.69) is 14.9 Å². The summed E-state index contributed by atoms with van der Waals surface area (Å²) < 4.78 is 21.1. The van der Waals surface area contributed by atoms with Crippen LogP contribution in [0.5, 0.6) is 0 Å². The Hall–Kier alpha value is -3.23. The average molecular weight is 427 g/mol. The number of ether oxygens (including phenoxy) is 1. The highest BCUT2D eigenvalue weighted by atomic mass is 35.5. The maximum atomic E-state index is 13.9. The number of morpholine rings is 1. The van der Waals surface area contributed by atoms with E-state index in [0.29, 0.717) is 53.9 Å². The minimum Gasteiger partial charge on any atom is -0.478 e. The molecule has 30 heavy (non-hydrogen) atoms. The Kier molecular flexibility index (Phi) is 4.52. The second kappa shape index (κ2) is 7.23. The van der Waals surface area contributed by atoms with E-state index in [1.165, 1.54) is 6.07 Å². The molecule has 1 aliphatic rings. The second-order valence-electron chi connectivity index (χ2n) is 6.97. The van der Waals surface area contributed by atoms with Gasteiger partial charge in [0.1, 0.15) is 22.7 Å². The molecule has 3 heterocycles. The van der Waals surface area contributed by atoms with Gasteiger partial charge in [-0.15, -0.1) is 0 Å². The first kappa shape index (κ1) is 18.8. The van der Waals surface area contributed by atoms with Gasteiger partial charge in [0, 0.05) is 30.4 Å². The van der Waals surface area contributed by atoms with E-state index < -0.39 is 11.8 Å². The molecular formula is C21H16ClFN4O3. The number of carboxylic acids is 1. The number of pyridine rings is 1. The number of carboxylic acid groups (broad SMARTS) is 1. The molecule has 1 fully saturated rings. The first-order chi connectivity index (χ1) is 14.5. The highest BCUT2D eigenvalue weighted by molar-refractivity contribution is 6.35. The summed E-state index contributed by atoms with van der Waals surface area (Å²) in [5.41, 5.74) is 2.92. The zero-order valence-electron chi connectivity index (χ0n) is 15.7. The summed E-state index contributed by atoms with van der Waals surface area (Å²) in [5, 5.41) is 10.3. The lowest BCUT2D eigenvalue weighted by Gasteiger charge is -2.29. The zero-order valence-corrected chi connectivity index (χ0v) is 16.4. The third-order valence-electron chi connectivity index (χ3n) is 5.28. The van der Waals surface area contributed by atoms with Crippen LogP contribution in [0, 0.1) is 5.82 Å². The van der Waals surface area contributed by atoms with Crippen molar-refractivity contribution in [1.82, 2.24) is 14.5 Å². The molecule has 4 aromatic rings. The van der Waals surface area contributed by atoms with Crippen molar-refractivity contribution in [3.05, 3.63) is 59.3 Å². The summed E-state index contributed by atoms with van der Waals surface area (Å²) in [4.78, 5) is 22.6. The van der Waals surface area contributed by atoms with Crippen molar-refractivity contribution in [2.24, 2.45) is 0 Å². The van der Waals surface area contributed by atoms with Gasteiger partial charge in [-0.05, 0) is 30.3 Å². The average Bonchev–Trinajstić information content (AvgIpc) is 3.19. The molecule has 7 nitrogen and oxygen atoms in total. The smallest absolute Gasteiger partial charge is 0.338 e. The molecule has 0 aliphatic carbocycles. The minimum atomic E-state index is -1.05. The van der Waals surface area contributed by atoms with Gasteiger partial charge in [0.05, 0.1) is 35.5 Å². The fourth-order valence-corrected chi connectivity index (χ4v) is 4.03. The number of hydrogen-bond acceptors (Lipinski definition) is 5. The molecule has 152 valence electrons. The van der Waals surface area contributed by atoms with Gasteiger partial charge in [0.25, 0.3) is 0 Å². The number of anilines is 1. The van der Waals surface area contributed by atoms with E-state index in [-0.39, 0.29) is 10.6 Å². The highest BCUT2D eigenvalue weighted by Gasteiger charge is 2.20. The van der Waals surface area contributed by atoms with Crippen molar-refractivity contribution < 1.29 is 19.0 Å². The number of fused-ring (bicyclic) bond motifs is 2. The molecule has 0 spiro atoms. The Balaban J connectivity index is 1.77. The molecule has 0 unspecified atom stereocenters. The van der Waals surface area contributed by atoms with Crippen molar-refractivity contribution in [3.63, 3.8) is 0 Å². The van der Waals surface area contributed by atoms with Crippen LogP contribution in [0.2, 0.25) is 5.02 Å². The lowest BCUT2D eigenvalue weighted by molar-refractivity contribution is 0.0699. The molecule has 2 aromatic heterocycles. The molecule has 0 atom stereocenters. The van der Waals surface area contributed by atoms with Gasteiger partial charge >= 0.3 is 5.97 Å². The molecule has 1 saturated heterocycles. The summed E-state index contributed by atoms with van der Waals surface area (Å²) in [6, 6.07) is 8.21. The van der Waals surface area contributed by atoms with Crippen LogP contribution in [0.25, 0.3) is 27.6 Å². The second-order valence-corrected chi connectivity index (χ2v) is 7.35. The summed E-state index contributed by atoms with van der Waals surface area (Å²) >= 11 is 6.11. The van der Waals surface area contributed by atoms with E-state index in [0.717, 1.165) is 5.69 Å². The molecule has 1 aliphatic heterocycles. The predicted octanol–water partition coefficient (Wildman–Crippen LogP) is 3.90. The number of benzene rings is 2. The number of hydrogen-bond donors (Lipinski definition) is 1. The fourth-order valence-electron chi connectivity index (χ4n) is 3.82. The van der Waals surface area contributed by atoms with E-state index >= 15 is 0 Å². The third-order valence-corrected chi connectivity index (χ3v) is 5.64. The van der Waals surface area contributed by atoms with Crippen LogP contribution in [-0.4, -0.2) is 51.9 Å². The molecule has 1 N–H and O–H groups in total. The van der Waals surface area contributed by atoms with Gasteiger partial charge in [-0.25, -0.2) is 14.2 Å². The lowest BCUT2D eigenvalue weighted by atomic mass is 10.1. The highest BCUT2D eigenvalue weighted by Crippen LogP contribution is 2.32. The zero-order chi connectivity index (χ0) is 20.8. The Bertz CT molecular complexity index is 1300. The van der Waals surface area contributed by atoms with E-state index in [4.69, 9.17) is 16.3 Å². The van der Waals surface area contributed by atoms with Crippen LogP contribution in [0.3, 0.4) is 0 Å². The van der Waals surface area contributed by atoms with E-state index in [1.54, 1.807) is 35.3 Å². The Morgan fingerprint density at radius 2 is 1.93 bits per heavy atom. The van der Waals surface area contributed by atoms with E-state index in [9.17, 15) is 14.3 Å². The van der Waals surface area contributed by atoms with Crippen molar-refractivity contribution in [1.29, 1.82) is 0 Å². The molecule has 0 saturated carbocycles. The van der Waals surface area contributed by atoms with Gasteiger partial charge in [-0.1, -0.05) is 11.6 Å². The first-order valence-electron chi connectivity index (χ1n) is 9.35. The molecule has 5 rings (SSSR count). The van der Waals surface area contributed by atoms with Crippen LogP contribution in [0.15, 0.2) is 42.9 Å². The Morgan fingerprint density at radius 3 is 2.70 bits per heavy atom. The largest absolute Gasteiger partial charge is 0.478 e. The van der Waals surface area contributed by atoms with Crippen LogP contribution in [0.4, 0.5) is 10.1 Å². The quantitative estimate of drug-likeness (QED) is 0.535. The van der Waals surface area contributed by atoms with Crippen LogP contribution < -0.4 is 4.90 Å². The summed E-state index contributed by atoms with van der Waals surface area (Å²) in [5.74, 6) is -1.60. The van der Waals surface area contributed by atoms with E-state index in [1.807, 2.05) is 6.07 Å². The number of nitrogens with zero attached hydrogens (tertiary/aromatic N) is 4. The van der Waals surface area contributed by atoms with Crippen molar-refractivity contribution in [2.75, 3.05) is 31.2 Å². The van der Waals surface area contributed by atoms with Crippen LogP contribution >= 0.6 is 11.6 Å². The number of aromatic carboxylic acids is 1. The lowest BCUT2D eigenvalue weighted by Crippen LogP contribution is -2.36. The summed E-state index contributed by atoms with van der Waals surface area (Å²) in [7, 11) is 0. The van der Waals surface area contributed by atoms with Crippen molar-refractivity contribution in [3.8, 4) is 5.69 Å². The SMILES string of the molecule is O=C(O)c1cc(N2CCOCC2)cc2c1ncn2-c1ccnc2c(Cl)c(F)ccc12. The number of aromatic nitrogens is 3. The monoisotopic (exact) mass is 426 g/mol. The Morgan fingerprint density at radius 1 is 1.13 bits per heavy atom. The van der Waals surface area contributed by atoms with Crippen LogP contribution in [0.1, 0.15) is 10.4 Å². The number of halogens is 2. The first-order valence-corrected chi connectivity index (χ1v) is 9.72. The van der Waals surface area contributed by atoms with Gasteiger partial charge < -0.3 is 14.7 Å². The standard InChI is InChI=1S/C21H16ClFN4O3/c22-18-15(23)2-1-13-16(3-4-24-20(13)18)27-11-25-19-14(21(28)29)9-12(10-17(19)27)26-5-7-30-8-6-26/h1-4,9-11H,5-8H2,(H,28,29). The van der Waals surface area contributed by atoms with Gasteiger partial charge in [-0.3, -0.25) is 9.55 Å². The molecular weight excluding hydrogens is 411 g/mol. The predicted molar refractivity (Wildman–Crippen MR) is 111 cm³/mol. The topological polar surface area (TPSA) is 80.5 Å². The van der Waals surface area contributed by atoms with Crippen LogP contribution in [-0.2, 0) is 4.74 Å². The maximum absolute atomic E-state index is 13.9. The van der Waals surface area contributed by atoms with Crippen molar-refractivity contribution in [2.45, 2.75) is 0 Å². The minimum absolute atomic E-state index is 0.0565. The Labute approximate surface area is 175 Å².